The molecule has 0 saturated carbocycles. The molecular formula is C15H18N2O2. The standard InChI is InChI=1S/C15H18N2O2/c1-11-9-17(10-12(2)19-11)15(18)14-5-3-4-13(8-14)6-7-16/h3-5,8,11-12H,6,9-10H2,1-2H3. The van der Waals surface area contributed by atoms with Crippen molar-refractivity contribution in [3.8, 4) is 6.07 Å². The Morgan fingerprint density at radius 1 is 1.42 bits per heavy atom. The summed E-state index contributed by atoms with van der Waals surface area (Å²) in [6.45, 7) is 5.18. The van der Waals surface area contributed by atoms with E-state index in [1.54, 1.807) is 12.1 Å². The van der Waals surface area contributed by atoms with Gasteiger partial charge in [-0.25, -0.2) is 0 Å². The van der Waals surface area contributed by atoms with Gasteiger partial charge in [0, 0.05) is 18.7 Å². The van der Waals surface area contributed by atoms with Crippen molar-refractivity contribution in [3.63, 3.8) is 0 Å². The molecule has 0 aromatic heterocycles. The molecule has 0 radical (unpaired) electrons. The van der Waals surface area contributed by atoms with Crippen LogP contribution in [0.25, 0.3) is 0 Å². The van der Waals surface area contributed by atoms with Gasteiger partial charge in [-0.1, -0.05) is 12.1 Å². The molecule has 4 nitrogen and oxygen atoms in total. The molecule has 0 N–H and O–H groups in total. The molecule has 4 heteroatoms. The van der Waals surface area contributed by atoms with Crippen LogP contribution in [-0.2, 0) is 11.2 Å². The van der Waals surface area contributed by atoms with Crippen molar-refractivity contribution < 1.29 is 9.53 Å². The number of hydrogen-bond acceptors (Lipinski definition) is 3. The highest BCUT2D eigenvalue weighted by Gasteiger charge is 2.26. The molecule has 100 valence electrons. The Labute approximate surface area is 113 Å². The van der Waals surface area contributed by atoms with E-state index in [1.165, 1.54) is 0 Å². The molecule has 1 aliphatic rings. The van der Waals surface area contributed by atoms with Crippen LogP contribution in [0.15, 0.2) is 24.3 Å². The van der Waals surface area contributed by atoms with Gasteiger partial charge in [0.2, 0.25) is 0 Å². The topological polar surface area (TPSA) is 53.3 Å². The van der Waals surface area contributed by atoms with Gasteiger partial charge in [0.1, 0.15) is 0 Å². The molecule has 1 aromatic carbocycles. The number of carbonyl (C=O) groups is 1. The van der Waals surface area contributed by atoms with Gasteiger partial charge in [-0.05, 0) is 31.5 Å². The van der Waals surface area contributed by atoms with Gasteiger partial charge in [0.05, 0.1) is 24.7 Å². The third kappa shape index (κ3) is 3.33. The van der Waals surface area contributed by atoms with E-state index in [0.29, 0.717) is 25.1 Å². The van der Waals surface area contributed by atoms with Crippen molar-refractivity contribution in [2.45, 2.75) is 32.5 Å². The largest absolute Gasteiger partial charge is 0.372 e. The minimum atomic E-state index is 0.0155. The Balaban J connectivity index is 2.15. The number of rotatable bonds is 2. The summed E-state index contributed by atoms with van der Waals surface area (Å²) in [5.74, 6) is 0.0155. The minimum absolute atomic E-state index is 0.0155. The van der Waals surface area contributed by atoms with Crippen molar-refractivity contribution in [2.24, 2.45) is 0 Å². The molecule has 2 rings (SSSR count). The quantitative estimate of drug-likeness (QED) is 0.815. The number of amides is 1. The summed E-state index contributed by atoms with van der Waals surface area (Å²) >= 11 is 0. The molecule has 1 amide bonds. The van der Waals surface area contributed by atoms with Crippen molar-refractivity contribution in [3.05, 3.63) is 35.4 Å². The van der Waals surface area contributed by atoms with Crippen LogP contribution in [0.3, 0.4) is 0 Å². The predicted octanol–water partition coefficient (Wildman–Crippen LogP) is 2.00. The predicted molar refractivity (Wildman–Crippen MR) is 71.7 cm³/mol. The molecule has 0 spiro atoms. The summed E-state index contributed by atoms with van der Waals surface area (Å²) in [4.78, 5) is 14.3. The molecule has 1 saturated heterocycles. The monoisotopic (exact) mass is 258 g/mol. The van der Waals surface area contributed by atoms with Gasteiger partial charge in [-0.15, -0.1) is 0 Å². The van der Waals surface area contributed by atoms with Crippen molar-refractivity contribution in [1.82, 2.24) is 4.90 Å². The van der Waals surface area contributed by atoms with Gasteiger partial charge >= 0.3 is 0 Å². The highest BCUT2D eigenvalue weighted by molar-refractivity contribution is 5.94. The normalized spacial score (nSPS) is 22.9. The maximum absolute atomic E-state index is 12.4. The van der Waals surface area contributed by atoms with E-state index in [9.17, 15) is 4.79 Å². The van der Waals surface area contributed by atoms with Crippen molar-refractivity contribution in [1.29, 1.82) is 5.26 Å². The second-order valence-corrected chi connectivity index (χ2v) is 5.00. The number of benzene rings is 1. The van der Waals surface area contributed by atoms with Gasteiger partial charge in [-0.3, -0.25) is 4.79 Å². The zero-order valence-corrected chi connectivity index (χ0v) is 11.3. The van der Waals surface area contributed by atoms with Crippen LogP contribution >= 0.6 is 0 Å². The van der Waals surface area contributed by atoms with Crippen LogP contribution in [-0.4, -0.2) is 36.1 Å². The van der Waals surface area contributed by atoms with Crippen LogP contribution in [0.4, 0.5) is 0 Å². The van der Waals surface area contributed by atoms with Crippen LogP contribution in [0.2, 0.25) is 0 Å². The number of carbonyl (C=O) groups excluding carboxylic acids is 1. The third-order valence-electron chi connectivity index (χ3n) is 3.16. The van der Waals surface area contributed by atoms with E-state index in [1.807, 2.05) is 30.9 Å². The van der Waals surface area contributed by atoms with Gasteiger partial charge < -0.3 is 9.64 Å². The zero-order valence-electron chi connectivity index (χ0n) is 11.3. The number of ether oxygens (including phenoxy) is 1. The highest BCUT2D eigenvalue weighted by atomic mass is 16.5. The first-order valence-electron chi connectivity index (χ1n) is 6.50. The Kier molecular flexibility index (Phi) is 4.18. The first-order chi connectivity index (χ1) is 9.10. The zero-order chi connectivity index (χ0) is 13.8. The Hall–Kier alpha value is -1.86. The van der Waals surface area contributed by atoms with Crippen molar-refractivity contribution in [2.75, 3.05) is 13.1 Å². The third-order valence-corrected chi connectivity index (χ3v) is 3.16. The lowest BCUT2D eigenvalue weighted by Crippen LogP contribution is -2.48. The second-order valence-electron chi connectivity index (χ2n) is 5.00. The fraction of sp³-hybridized carbons (Fsp3) is 0.467. The molecule has 0 aliphatic carbocycles. The van der Waals surface area contributed by atoms with Crippen LogP contribution in [0, 0.1) is 11.3 Å². The number of nitriles is 1. The number of hydrogen-bond donors (Lipinski definition) is 0. The second kappa shape index (κ2) is 5.85. The summed E-state index contributed by atoms with van der Waals surface area (Å²) in [6.07, 6.45) is 0.460. The summed E-state index contributed by atoms with van der Waals surface area (Å²) in [7, 11) is 0. The van der Waals surface area contributed by atoms with Crippen LogP contribution in [0.1, 0.15) is 29.8 Å². The summed E-state index contributed by atoms with van der Waals surface area (Å²) in [6, 6.07) is 9.39. The maximum atomic E-state index is 12.4. The van der Waals surface area contributed by atoms with E-state index in [-0.39, 0.29) is 18.1 Å². The Morgan fingerprint density at radius 3 is 2.74 bits per heavy atom. The van der Waals surface area contributed by atoms with E-state index >= 15 is 0 Å². The maximum Gasteiger partial charge on any atom is 0.254 e. The Bertz CT molecular complexity index is 497. The Morgan fingerprint density at radius 2 is 2.11 bits per heavy atom. The van der Waals surface area contributed by atoms with Crippen molar-refractivity contribution >= 4 is 5.91 Å². The smallest absolute Gasteiger partial charge is 0.254 e. The SMILES string of the molecule is CC1CN(C(=O)c2cccc(CC#N)c2)CC(C)O1. The van der Waals surface area contributed by atoms with Crippen LogP contribution in [0.5, 0.6) is 0 Å². The molecule has 1 aliphatic heterocycles. The average Bonchev–Trinajstić information content (AvgIpc) is 2.37. The minimum Gasteiger partial charge on any atom is -0.372 e. The van der Waals surface area contributed by atoms with Crippen LogP contribution < -0.4 is 0 Å². The van der Waals surface area contributed by atoms with E-state index < -0.39 is 0 Å². The lowest BCUT2D eigenvalue weighted by Gasteiger charge is -2.35. The lowest BCUT2D eigenvalue weighted by atomic mass is 10.1. The fourth-order valence-corrected chi connectivity index (χ4v) is 2.43. The molecular weight excluding hydrogens is 240 g/mol. The number of morpholine rings is 1. The van der Waals surface area contributed by atoms with E-state index in [0.717, 1.165) is 5.56 Å². The summed E-state index contributed by atoms with van der Waals surface area (Å²) < 4.78 is 5.63. The first-order valence-corrected chi connectivity index (χ1v) is 6.50. The lowest BCUT2D eigenvalue weighted by molar-refractivity contribution is -0.0586. The molecule has 19 heavy (non-hydrogen) atoms. The van der Waals surface area contributed by atoms with E-state index in [4.69, 9.17) is 10.00 Å². The van der Waals surface area contributed by atoms with E-state index in [2.05, 4.69) is 6.07 Å². The molecule has 1 aromatic rings. The molecule has 1 fully saturated rings. The molecule has 2 unspecified atom stereocenters. The molecule has 0 bridgehead atoms. The summed E-state index contributed by atoms with van der Waals surface area (Å²) in [5.41, 5.74) is 1.52. The van der Waals surface area contributed by atoms with Gasteiger partial charge in [-0.2, -0.15) is 5.26 Å². The fourth-order valence-electron chi connectivity index (χ4n) is 2.43. The average molecular weight is 258 g/mol. The van der Waals surface area contributed by atoms with Gasteiger partial charge in [0.25, 0.3) is 5.91 Å². The summed E-state index contributed by atoms with van der Waals surface area (Å²) in [5, 5.41) is 8.71. The molecule has 1 heterocycles. The first kappa shape index (κ1) is 13.6. The highest BCUT2D eigenvalue weighted by Crippen LogP contribution is 2.15. The number of nitrogens with zero attached hydrogens (tertiary/aromatic N) is 2. The van der Waals surface area contributed by atoms with Gasteiger partial charge in [0.15, 0.2) is 0 Å². The molecule has 2 atom stereocenters.